The summed E-state index contributed by atoms with van der Waals surface area (Å²) in [5, 5.41) is 0. The Morgan fingerprint density at radius 3 is 2.28 bits per heavy atom. The number of carbonyl (C=O) groups is 1. The zero-order chi connectivity index (χ0) is 13.4. The number of nitrogens with zero attached hydrogens (tertiary/aromatic N) is 1. The van der Waals surface area contributed by atoms with Crippen molar-refractivity contribution in [2.24, 2.45) is 11.7 Å². The molecule has 1 rings (SSSR count). The molecule has 0 aromatic carbocycles. The molecular weight excluding hydrogens is 224 g/mol. The first-order valence-electron chi connectivity index (χ1n) is 7.75. The summed E-state index contributed by atoms with van der Waals surface area (Å²) in [6.45, 7) is 5.89. The second-order valence-electron chi connectivity index (χ2n) is 5.53. The van der Waals surface area contributed by atoms with Gasteiger partial charge in [-0.2, -0.15) is 0 Å². The van der Waals surface area contributed by atoms with Crippen molar-refractivity contribution in [3.63, 3.8) is 0 Å². The number of hydrogen-bond donors (Lipinski definition) is 1. The van der Waals surface area contributed by atoms with E-state index < -0.39 is 0 Å². The molecule has 106 valence electrons. The molecule has 1 saturated carbocycles. The Morgan fingerprint density at radius 2 is 1.89 bits per heavy atom. The molecule has 3 nitrogen and oxygen atoms in total. The van der Waals surface area contributed by atoms with Crippen LogP contribution < -0.4 is 5.73 Å². The zero-order valence-corrected chi connectivity index (χ0v) is 12.2. The van der Waals surface area contributed by atoms with E-state index >= 15 is 0 Å². The molecule has 2 N–H and O–H groups in total. The Hall–Kier alpha value is -0.570. The molecule has 0 aromatic rings. The van der Waals surface area contributed by atoms with Crippen LogP contribution in [0.4, 0.5) is 0 Å². The quantitative estimate of drug-likeness (QED) is 0.687. The van der Waals surface area contributed by atoms with Crippen molar-refractivity contribution in [3.8, 4) is 0 Å². The lowest BCUT2D eigenvalue weighted by Crippen LogP contribution is -2.47. The minimum absolute atomic E-state index is 0.248. The normalized spacial score (nSPS) is 15.8. The summed E-state index contributed by atoms with van der Waals surface area (Å²) in [5.74, 6) is 0.648. The number of carbonyl (C=O) groups excluding carboxylic acids is 1. The molecule has 1 fully saturated rings. The molecule has 3 heteroatoms. The maximum Gasteiger partial charge on any atom is 0.225 e. The summed E-state index contributed by atoms with van der Waals surface area (Å²) in [4.78, 5) is 14.8. The van der Waals surface area contributed by atoms with E-state index in [-0.39, 0.29) is 5.92 Å². The lowest BCUT2D eigenvalue weighted by atomic mass is 9.88. The first-order valence-corrected chi connectivity index (χ1v) is 7.75. The van der Waals surface area contributed by atoms with Gasteiger partial charge in [-0.25, -0.2) is 0 Å². The second kappa shape index (κ2) is 8.52. The van der Waals surface area contributed by atoms with Crippen LogP contribution in [0.1, 0.15) is 65.2 Å². The topological polar surface area (TPSA) is 46.3 Å². The Bertz CT molecular complexity index is 233. The van der Waals surface area contributed by atoms with E-state index in [9.17, 15) is 4.79 Å². The number of hydrogen-bond acceptors (Lipinski definition) is 2. The van der Waals surface area contributed by atoms with E-state index in [1.54, 1.807) is 0 Å². The van der Waals surface area contributed by atoms with Gasteiger partial charge in [0.1, 0.15) is 0 Å². The van der Waals surface area contributed by atoms with Crippen molar-refractivity contribution < 1.29 is 4.79 Å². The maximum absolute atomic E-state index is 12.6. The Kier molecular flexibility index (Phi) is 7.33. The van der Waals surface area contributed by atoms with Crippen LogP contribution >= 0.6 is 0 Å². The first kappa shape index (κ1) is 15.5. The predicted molar refractivity (Wildman–Crippen MR) is 76.3 cm³/mol. The van der Waals surface area contributed by atoms with Crippen molar-refractivity contribution in [3.05, 3.63) is 0 Å². The lowest BCUT2D eigenvalue weighted by molar-refractivity contribution is -0.140. The molecule has 0 unspecified atom stereocenters. The number of nitrogens with two attached hydrogens (primary N) is 1. The highest BCUT2D eigenvalue weighted by molar-refractivity contribution is 5.79. The van der Waals surface area contributed by atoms with Crippen LogP contribution in [-0.2, 0) is 4.79 Å². The third-order valence-electron chi connectivity index (χ3n) is 4.03. The molecule has 0 aromatic heterocycles. The minimum atomic E-state index is 0.248. The van der Waals surface area contributed by atoms with Gasteiger partial charge < -0.3 is 10.6 Å². The predicted octanol–water partition coefficient (Wildman–Crippen LogP) is 2.93. The van der Waals surface area contributed by atoms with Gasteiger partial charge in [-0.3, -0.25) is 4.79 Å². The Morgan fingerprint density at radius 1 is 1.28 bits per heavy atom. The summed E-state index contributed by atoms with van der Waals surface area (Å²) >= 11 is 0. The standard InChI is InChI=1S/C15H30N2O/c1-3-7-13(8-4-2)15(18)17(12-6-11-16)14-9-5-10-14/h13-14H,3-12,16H2,1-2H3. The van der Waals surface area contributed by atoms with Gasteiger partial charge in [0, 0.05) is 18.5 Å². The first-order chi connectivity index (χ1) is 8.74. The van der Waals surface area contributed by atoms with Crippen molar-refractivity contribution >= 4 is 5.91 Å². The van der Waals surface area contributed by atoms with Crippen LogP contribution in [-0.4, -0.2) is 29.9 Å². The fraction of sp³-hybridized carbons (Fsp3) is 0.933. The Labute approximate surface area is 112 Å². The summed E-state index contributed by atoms with van der Waals surface area (Å²) in [7, 11) is 0. The smallest absolute Gasteiger partial charge is 0.225 e. The van der Waals surface area contributed by atoms with E-state index in [1.165, 1.54) is 19.3 Å². The van der Waals surface area contributed by atoms with Crippen molar-refractivity contribution in [1.29, 1.82) is 0 Å². The molecule has 1 aliphatic rings. The van der Waals surface area contributed by atoms with Crippen LogP contribution in [0.3, 0.4) is 0 Å². The van der Waals surface area contributed by atoms with Gasteiger partial charge in [0.2, 0.25) is 5.91 Å². The molecule has 1 aliphatic carbocycles. The summed E-state index contributed by atoms with van der Waals surface area (Å²) in [5.41, 5.74) is 5.59. The average molecular weight is 254 g/mol. The van der Waals surface area contributed by atoms with Crippen LogP contribution in [0.5, 0.6) is 0 Å². The SMILES string of the molecule is CCCC(CCC)C(=O)N(CCCN)C1CCC1. The second-order valence-corrected chi connectivity index (χ2v) is 5.53. The van der Waals surface area contributed by atoms with Crippen LogP contribution in [0.25, 0.3) is 0 Å². The van der Waals surface area contributed by atoms with Gasteiger partial charge in [0.25, 0.3) is 0 Å². The van der Waals surface area contributed by atoms with Crippen molar-refractivity contribution in [1.82, 2.24) is 4.90 Å². The van der Waals surface area contributed by atoms with E-state index in [1.807, 2.05) is 0 Å². The lowest BCUT2D eigenvalue weighted by Gasteiger charge is -2.39. The van der Waals surface area contributed by atoms with Gasteiger partial charge in [-0.05, 0) is 45.1 Å². The number of rotatable bonds is 9. The summed E-state index contributed by atoms with van der Waals surface area (Å²) in [6.07, 6.45) is 8.90. The van der Waals surface area contributed by atoms with Crippen molar-refractivity contribution in [2.45, 2.75) is 71.3 Å². The van der Waals surface area contributed by atoms with E-state index in [2.05, 4.69) is 18.7 Å². The molecular formula is C15H30N2O. The third kappa shape index (κ3) is 4.27. The minimum Gasteiger partial charge on any atom is -0.339 e. The van der Waals surface area contributed by atoms with Crippen LogP contribution in [0.15, 0.2) is 0 Å². The van der Waals surface area contributed by atoms with Crippen molar-refractivity contribution in [2.75, 3.05) is 13.1 Å². The molecule has 0 atom stereocenters. The van der Waals surface area contributed by atoms with E-state index in [4.69, 9.17) is 5.73 Å². The number of amides is 1. The van der Waals surface area contributed by atoms with Gasteiger partial charge in [0.15, 0.2) is 0 Å². The third-order valence-corrected chi connectivity index (χ3v) is 4.03. The average Bonchev–Trinajstić information content (AvgIpc) is 2.31. The molecule has 0 saturated heterocycles. The van der Waals surface area contributed by atoms with Gasteiger partial charge in [-0.15, -0.1) is 0 Å². The van der Waals surface area contributed by atoms with Crippen LogP contribution in [0, 0.1) is 5.92 Å². The fourth-order valence-corrected chi connectivity index (χ4v) is 2.76. The van der Waals surface area contributed by atoms with Gasteiger partial charge in [0.05, 0.1) is 0 Å². The molecule has 18 heavy (non-hydrogen) atoms. The molecule has 0 aliphatic heterocycles. The highest BCUT2D eigenvalue weighted by atomic mass is 16.2. The molecule has 0 heterocycles. The van der Waals surface area contributed by atoms with E-state index in [0.717, 1.165) is 38.6 Å². The molecule has 0 spiro atoms. The highest BCUT2D eigenvalue weighted by Crippen LogP contribution is 2.28. The summed E-state index contributed by atoms with van der Waals surface area (Å²) < 4.78 is 0. The highest BCUT2D eigenvalue weighted by Gasteiger charge is 2.31. The van der Waals surface area contributed by atoms with Gasteiger partial charge in [-0.1, -0.05) is 26.7 Å². The largest absolute Gasteiger partial charge is 0.339 e. The van der Waals surface area contributed by atoms with E-state index in [0.29, 0.717) is 18.5 Å². The molecule has 1 amide bonds. The maximum atomic E-state index is 12.6. The van der Waals surface area contributed by atoms with Gasteiger partial charge >= 0.3 is 0 Å². The monoisotopic (exact) mass is 254 g/mol. The zero-order valence-electron chi connectivity index (χ0n) is 12.2. The molecule has 0 bridgehead atoms. The fourth-order valence-electron chi connectivity index (χ4n) is 2.76. The van der Waals surface area contributed by atoms with Crippen LogP contribution in [0.2, 0.25) is 0 Å². The Balaban J connectivity index is 2.59. The summed E-state index contributed by atoms with van der Waals surface area (Å²) in [6, 6.07) is 0.514. The molecule has 0 radical (unpaired) electrons.